The molecule has 6 nitrogen and oxygen atoms in total. The number of nitrogens with zero attached hydrogens (tertiary/aromatic N) is 3. The number of likely N-dealkylation sites (N-methyl/N-ethyl adjacent to an activating group) is 1. The topological polar surface area (TPSA) is 53.1 Å². The van der Waals surface area contributed by atoms with Gasteiger partial charge >= 0.3 is 6.09 Å². The van der Waals surface area contributed by atoms with E-state index in [0.717, 1.165) is 19.6 Å². The van der Waals surface area contributed by atoms with Gasteiger partial charge in [0.1, 0.15) is 0 Å². The lowest BCUT2D eigenvalue weighted by molar-refractivity contribution is -0.142. The van der Waals surface area contributed by atoms with Crippen LogP contribution in [-0.4, -0.2) is 73.1 Å². The highest BCUT2D eigenvalue weighted by Crippen LogP contribution is 2.29. The van der Waals surface area contributed by atoms with E-state index in [4.69, 9.17) is 4.74 Å². The minimum Gasteiger partial charge on any atom is -0.450 e. The van der Waals surface area contributed by atoms with Crippen molar-refractivity contribution in [3.8, 4) is 0 Å². The highest BCUT2D eigenvalue weighted by atomic mass is 16.6. The molecule has 0 N–H and O–H groups in total. The molecule has 3 rings (SSSR count). The lowest BCUT2D eigenvalue weighted by Gasteiger charge is -2.43. The summed E-state index contributed by atoms with van der Waals surface area (Å²) < 4.78 is 5.07. The van der Waals surface area contributed by atoms with Crippen LogP contribution >= 0.6 is 0 Å². The lowest BCUT2D eigenvalue weighted by Crippen LogP contribution is -2.52. The summed E-state index contributed by atoms with van der Waals surface area (Å²) in [7, 11) is 2.11. The van der Waals surface area contributed by atoms with E-state index >= 15 is 0 Å². The van der Waals surface area contributed by atoms with Crippen LogP contribution in [0.25, 0.3) is 0 Å². The van der Waals surface area contributed by atoms with Crippen molar-refractivity contribution in [3.63, 3.8) is 0 Å². The zero-order chi connectivity index (χ0) is 18.5. The number of ether oxygens (including phenoxy) is 1. The van der Waals surface area contributed by atoms with Gasteiger partial charge in [-0.2, -0.15) is 0 Å². The Balaban J connectivity index is 1.65. The van der Waals surface area contributed by atoms with Crippen molar-refractivity contribution in [1.82, 2.24) is 14.7 Å². The number of hydrogen-bond acceptors (Lipinski definition) is 4. The standard InChI is InChI=1S/C20H29N3O3/c1-3-26-20(25)22-11-9-17(10-12-22)19(24)23-14-13-21(2)15-18(23)16-7-5-4-6-8-16/h4-8,17-18H,3,9-15H2,1-2H3. The molecule has 2 aliphatic rings. The number of benzene rings is 1. The molecule has 2 heterocycles. The van der Waals surface area contributed by atoms with Gasteiger partial charge in [0.2, 0.25) is 5.91 Å². The molecule has 0 spiro atoms. The third kappa shape index (κ3) is 4.18. The normalized spacial score (nSPS) is 22.3. The average molecular weight is 359 g/mol. The number of amides is 2. The van der Waals surface area contributed by atoms with Crippen LogP contribution in [0, 0.1) is 5.92 Å². The predicted molar refractivity (Wildman–Crippen MR) is 99.7 cm³/mol. The second kappa shape index (κ2) is 8.54. The van der Waals surface area contributed by atoms with Crippen LogP contribution in [0.3, 0.4) is 0 Å². The summed E-state index contributed by atoms with van der Waals surface area (Å²) in [6.45, 7) is 5.90. The van der Waals surface area contributed by atoms with Gasteiger partial charge < -0.3 is 19.4 Å². The first kappa shape index (κ1) is 18.7. The molecule has 1 aromatic rings. The summed E-state index contributed by atoms with van der Waals surface area (Å²) in [6.07, 6.45) is 1.16. The number of hydrogen-bond donors (Lipinski definition) is 0. The predicted octanol–water partition coefficient (Wildman–Crippen LogP) is 2.37. The van der Waals surface area contributed by atoms with Crippen molar-refractivity contribution < 1.29 is 14.3 Å². The van der Waals surface area contributed by atoms with Gasteiger partial charge in [-0.15, -0.1) is 0 Å². The zero-order valence-electron chi connectivity index (χ0n) is 15.8. The fraction of sp³-hybridized carbons (Fsp3) is 0.600. The van der Waals surface area contributed by atoms with Crippen LogP contribution in [-0.2, 0) is 9.53 Å². The average Bonchev–Trinajstić information content (AvgIpc) is 2.68. The molecule has 1 unspecified atom stereocenters. The molecule has 0 bridgehead atoms. The molecule has 2 amide bonds. The Morgan fingerprint density at radius 3 is 2.42 bits per heavy atom. The Morgan fingerprint density at radius 1 is 1.08 bits per heavy atom. The SMILES string of the molecule is CCOC(=O)N1CCC(C(=O)N2CCN(C)CC2c2ccccc2)CC1. The highest BCUT2D eigenvalue weighted by molar-refractivity contribution is 5.80. The van der Waals surface area contributed by atoms with Gasteiger partial charge in [0.05, 0.1) is 12.6 Å². The zero-order valence-corrected chi connectivity index (χ0v) is 15.8. The van der Waals surface area contributed by atoms with Crippen molar-refractivity contribution in [2.24, 2.45) is 5.92 Å². The molecule has 0 radical (unpaired) electrons. The second-order valence-electron chi connectivity index (χ2n) is 7.18. The molecule has 1 atom stereocenters. The maximum atomic E-state index is 13.2. The maximum absolute atomic E-state index is 13.2. The fourth-order valence-electron chi connectivity index (χ4n) is 3.90. The molecular formula is C20H29N3O3. The van der Waals surface area contributed by atoms with E-state index in [1.54, 1.807) is 4.90 Å². The largest absolute Gasteiger partial charge is 0.450 e. The minimum atomic E-state index is -0.264. The lowest BCUT2D eigenvalue weighted by atomic mass is 9.93. The van der Waals surface area contributed by atoms with Crippen molar-refractivity contribution in [1.29, 1.82) is 0 Å². The van der Waals surface area contributed by atoms with E-state index in [2.05, 4.69) is 29.0 Å². The Kier molecular flexibility index (Phi) is 6.14. The summed E-state index contributed by atoms with van der Waals surface area (Å²) in [5, 5.41) is 0. The minimum absolute atomic E-state index is 0.00436. The Bertz CT molecular complexity index is 614. The number of carbonyl (C=O) groups excluding carboxylic acids is 2. The molecule has 0 aromatic heterocycles. The molecule has 2 saturated heterocycles. The van der Waals surface area contributed by atoms with Crippen LogP contribution in [0.4, 0.5) is 4.79 Å². The molecule has 26 heavy (non-hydrogen) atoms. The van der Waals surface area contributed by atoms with E-state index in [1.807, 2.05) is 25.1 Å². The Hall–Kier alpha value is -2.08. The molecule has 6 heteroatoms. The Morgan fingerprint density at radius 2 is 1.77 bits per heavy atom. The smallest absolute Gasteiger partial charge is 0.409 e. The summed E-state index contributed by atoms with van der Waals surface area (Å²) >= 11 is 0. The monoisotopic (exact) mass is 359 g/mol. The van der Waals surface area contributed by atoms with E-state index in [-0.39, 0.29) is 24.0 Å². The Labute approximate surface area is 155 Å². The van der Waals surface area contributed by atoms with Gasteiger partial charge in [-0.3, -0.25) is 4.79 Å². The van der Waals surface area contributed by atoms with Crippen LogP contribution in [0.15, 0.2) is 30.3 Å². The number of rotatable bonds is 3. The maximum Gasteiger partial charge on any atom is 0.409 e. The van der Waals surface area contributed by atoms with Gasteiger partial charge in [-0.1, -0.05) is 30.3 Å². The molecule has 1 aromatic carbocycles. The van der Waals surface area contributed by atoms with Gasteiger partial charge in [0.25, 0.3) is 0 Å². The first-order valence-electron chi connectivity index (χ1n) is 9.55. The number of likely N-dealkylation sites (tertiary alicyclic amines) is 1. The highest BCUT2D eigenvalue weighted by Gasteiger charge is 2.36. The molecule has 2 fully saturated rings. The first-order chi connectivity index (χ1) is 12.6. The van der Waals surface area contributed by atoms with Gasteiger partial charge in [-0.25, -0.2) is 4.79 Å². The van der Waals surface area contributed by atoms with Crippen molar-refractivity contribution in [3.05, 3.63) is 35.9 Å². The third-order valence-corrected chi connectivity index (χ3v) is 5.42. The van der Waals surface area contributed by atoms with Gasteiger partial charge in [-0.05, 0) is 32.4 Å². The summed E-state index contributed by atoms with van der Waals surface area (Å²) in [5.41, 5.74) is 1.19. The quantitative estimate of drug-likeness (QED) is 0.831. The third-order valence-electron chi connectivity index (χ3n) is 5.42. The number of piperazine rings is 1. The van der Waals surface area contributed by atoms with Gasteiger partial charge in [0.15, 0.2) is 0 Å². The van der Waals surface area contributed by atoms with Crippen LogP contribution < -0.4 is 0 Å². The van der Waals surface area contributed by atoms with Crippen LogP contribution in [0.1, 0.15) is 31.4 Å². The molecular weight excluding hydrogens is 330 g/mol. The van der Waals surface area contributed by atoms with E-state index in [9.17, 15) is 9.59 Å². The second-order valence-corrected chi connectivity index (χ2v) is 7.18. The van der Waals surface area contributed by atoms with E-state index in [0.29, 0.717) is 32.5 Å². The van der Waals surface area contributed by atoms with E-state index < -0.39 is 0 Å². The van der Waals surface area contributed by atoms with E-state index in [1.165, 1.54) is 5.56 Å². The van der Waals surface area contributed by atoms with Crippen LogP contribution in [0.5, 0.6) is 0 Å². The number of piperidine rings is 1. The van der Waals surface area contributed by atoms with Crippen molar-refractivity contribution in [2.45, 2.75) is 25.8 Å². The van der Waals surface area contributed by atoms with Crippen LogP contribution in [0.2, 0.25) is 0 Å². The summed E-state index contributed by atoms with van der Waals surface area (Å²) in [5.74, 6) is 0.228. The molecule has 142 valence electrons. The van der Waals surface area contributed by atoms with Crippen molar-refractivity contribution >= 4 is 12.0 Å². The molecule has 0 aliphatic carbocycles. The first-order valence-corrected chi connectivity index (χ1v) is 9.55. The fourth-order valence-corrected chi connectivity index (χ4v) is 3.90. The number of carbonyl (C=O) groups is 2. The summed E-state index contributed by atoms with van der Waals surface area (Å²) in [6, 6.07) is 10.4. The molecule has 2 aliphatic heterocycles. The van der Waals surface area contributed by atoms with Crippen molar-refractivity contribution in [2.75, 3.05) is 46.4 Å². The molecule has 0 saturated carbocycles. The summed E-state index contributed by atoms with van der Waals surface area (Å²) in [4.78, 5) is 31.1. The van der Waals surface area contributed by atoms with Gasteiger partial charge in [0, 0.05) is 38.6 Å².